The number of nitrogens with zero attached hydrogens (tertiary/aromatic N) is 4. The molecule has 12 heteroatoms. The highest BCUT2D eigenvalue weighted by Gasteiger charge is 2.26. The van der Waals surface area contributed by atoms with Crippen LogP contribution < -0.4 is 9.54 Å². The van der Waals surface area contributed by atoms with E-state index in [9.17, 15) is 23.3 Å². The minimum absolute atomic E-state index is 0.118. The van der Waals surface area contributed by atoms with E-state index in [4.69, 9.17) is 4.74 Å². The maximum atomic E-state index is 13.3. The molecule has 0 saturated carbocycles. The van der Waals surface area contributed by atoms with Gasteiger partial charge in [0.25, 0.3) is 11.6 Å². The highest BCUT2D eigenvalue weighted by Crippen LogP contribution is 2.32. The van der Waals surface area contributed by atoms with E-state index in [-0.39, 0.29) is 28.0 Å². The molecule has 10 nitrogen and oxygen atoms in total. The molecule has 3 aromatic rings. The molecule has 200 valence electrons. The summed E-state index contributed by atoms with van der Waals surface area (Å²) < 4.78 is 35.7. The molecule has 0 aliphatic heterocycles. The van der Waals surface area contributed by atoms with Crippen LogP contribution >= 0.6 is 11.3 Å². The number of benzene rings is 2. The summed E-state index contributed by atoms with van der Waals surface area (Å²) in [7, 11) is -2.29. The van der Waals surface area contributed by atoms with Gasteiger partial charge in [-0.15, -0.1) is 0 Å². The monoisotopic (exact) mass is 548 g/mol. The van der Waals surface area contributed by atoms with Gasteiger partial charge in [-0.3, -0.25) is 14.9 Å². The van der Waals surface area contributed by atoms with Crippen LogP contribution in [0.15, 0.2) is 46.3 Å². The van der Waals surface area contributed by atoms with E-state index in [0.717, 1.165) is 11.3 Å². The molecule has 1 heterocycles. The van der Waals surface area contributed by atoms with Crippen molar-refractivity contribution in [3.63, 3.8) is 0 Å². The van der Waals surface area contributed by atoms with Crippen molar-refractivity contribution in [1.82, 2.24) is 8.87 Å². The predicted molar refractivity (Wildman–Crippen MR) is 143 cm³/mol. The van der Waals surface area contributed by atoms with Crippen LogP contribution in [0.4, 0.5) is 5.69 Å². The molecule has 0 aliphatic carbocycles. The number of nitro benzene ring substituents is 1. The summed E-state index contributed by atoms with van der Waals surface area (Å²) in [5.41, 5.74) is 0.729. The number of carbonyl (C=O) groups excluding carboxylic acids is 1. The van der Waals surface area contributed by atoms with Crippen molar-refractivity contribution in [1.29, 1.82) is 0 Å². The van der Waals surface area contributed by atoms with Crippen LogP contribution in [0.2, 0.25) is 0 Å². The molecular formula is C25H32N4O6S2. The third kappa shape index (κ3) is 6.25. The van der Waals surface area contributed by atoms with E-state index in [2.05, 4.69) is 4.99 Å². The van der Waals surface area contributed by atoms with E-state index >= 15 is 0 Å². The number of rotatable bonds is 10. The van der Waals surface area contributed by atoms with Crippen molar-refractivity contribution in [2.75, 3.05) is 20.2 Å². The Hall–Kier alpha value is -3.09. The summed E-state index contributed by atoms with van der Waals surface area (Å²) >= 11 is 1.14. The first-order valence-corrected chi connectivity index (χ1v) is 14.2. The summed E-state index contributed by atoms with van der Waals surface area (Å²) in [6, 6.07) is 8.53. The highest BCUT2D eigenvalue weighted by atomic mass is 32.2. The minimum Gasteiger partial charge on any atom is -0.494 e. The second-order valence-corrected chi connectivity index (χ2v) is 12.4. The number of nitro groups is 1. The quantitative estimate of drug-likeness (QED) is 0.268. The van der Waals surface area contributed by atoms with Gasteiger partial charge in [-0.25, -0.2) is 8.42 Å². The van der Waals surface area contributed by atoms with Gasteiger partial charge in [-0.2, -0.15) is 9.30 Å². The minimum atomic E-state index is -3.72. The van der Waals surface area contributed by atoms with Crippen LogP contribution in [0.5, 0.6) is 5.75 Å². The number of hydrogen-bond acceptors (Lipinski definition) is 7. The maximum Gasteiger partial charge on any atom is 0.279 e. The van der Waals surface area contributed by atoms with Gasteiger partial charge in [0.1, 0.15) is 5.52 Å². The molecule has 0 spiro atoms. The number of hydrogen-bond donors (Lipinski definition) is 0. The maximum absolute atomic E-state index is 13.3. The molecule has 1 amide bonds. The molecule has 3 rings (SSSR count). The summed E-state index contributed by atoms with van der Waals surface area (Å²) in [6.07, 6.45) is 0. The van der Waals surface area contributed by atoms with Crippen molar-refractivity contribution < 1.29 is 22.9 Å². The van der Waals surface area contributed by atoms with Gasteiger partial charge in [-0.1, -0.05) is 39.0 Å². The number of aryl methyl sites for hydroxylation is 1. The Balaban J connectivity index is 2.00. The first-order chi connectivity index (χ1) is 17.4. The Morgan fingerprint density at radius 2 is 1.73 bits per heavy atom. The van der Waals surface area contributed by atoms with E-state index in [1.807, 2.05) is 34.6 Å². The smallest absolute Gasteiger partial charge is 0.279 e. The largest absolute Gasteiger partial charge is 0.494 e. The number of thiazole rings is 1. The fraction of sp³-hybridized carbons (Fsp3) is 0.440. The van der Waals surface area contributed by atoms with Gasteiger partial charge in [0.15, 0.2) is 10.6 Å². The Bertz CT molecular complexity index is 1460. The van der Waals surface area contributed by atoms with E-state index < -0.39 is 20.9 Å². The molecule has 0 N–H and O–H groups in total. The standard InChI is InChI=1S/C25H32N4O6S2/c1-7-28-23-21(35-6)12-19(29(31)32)13-22(23)36-25(28)26-24(30)18-8-10-20(11-9-18)37(33,34)27(14-16(2)3)15-17(4)5/h8-13,16-17H,7,14-15H2,1-6H3. The highest BCUT2D eigenvalue weighted by molar-refractivity contribution is 7.89. The molecule has 2 aromatic carbocycles. The van der Waals surface area contributed by atoms with Crippen molar-refractivity contribution in [3.05, 3.63) is 56.9 Å². The Kier molecular flexibility index (Phi) is 8.88. The summed E-state index contributed by atoms with van der Waals surface area (Å²) in [4.78, 5) is 28.5. The van der Waals surface area contributed by atoms with Crippen LogP contribution in [0.25, 0.3) is 10.2 Å². The SMILES string of the molecule is CCn1c(=NC(=O)c2ccc(S(=O)(=O)N(CC(C)C)CC(C)C)cc2)sc2cc([N+](=O)[O-])cc(OC)c21. The molecule has 0 saturated heterocycles. The molecular weight excluding hydrogens is 516 g/mol. The van der Waals surface area contributed by atoms with Crippen LogP contribution in [0.3, 0.4) is 0 Å². The fourth-order valence-corrected chi connectivity index (χ4v) is 6.86. The number of methoxy groups -OCH3 is 1. The van der Waals surface area contributed by atoms with Gasteiger partial charge in [0, 0.05) is 31.3 Å². The van der Waals surface area contributed by atoms with Gasteiger partial charge >= 0.3 is 0 Å². The van der Waals surface area contributed by atoms with Crippen LogP contribution in [-0.2, 0) is 16.6 Å². The van der Waals surface area contributed by atoms with Crippen LogP contribution in [-0.4, -0.2) is 48.3 Å². The number of amides is 1. The van der Waals surface area contributed by atoms with Gasteiger partial charge < -0.3 is 9.30 Å². The van der Waals surface area contributed by atoms with Gasteiger partial charge in [0.2, 0.25) is 10.0 Å². The number of fused-ring (bicyclic) bond motifs is 1. The molecule has 37 heavy (non-hydrogen) atoms. The topological polar surface area (TPSA) is 124 Å². The summed E-state index contributed by atoms with van der Waals surface area (Å²) in [6.45, 7) is 11.0. The van der Waals surface area contributed by atoms with Crippen LogP contribution in [0.1, 0.15) is 45.0 Å². The van der Waals surface area contributed by atoms with Crippen molar-refractivity contribution in [3.8, 4) is 5.75 Å². The molecule has 0 radical (unpaired) electrons. The average molecular weight is 549 g/mol. The summed E-state index contributed by atoms with van der Waals surface area (Å²) in [5, 5.41) is 11.3. The zero-order valence-electron chi connectivity index (χ0n) is 21.8. The molecule has 0 atom stereocenters. The lowest BCUT2D eigenvalue weighted by Gasteiger charge is -2.25. The normalized spacial score (nSPS) is 12.7. The van der Waals surface area contributed by atoms with Crippen molar-refractivity contribution >= 4 is 43.2 Å². The number of carbonyl (C=O) groups is 1. The van der Waals surface area contributed by atoms with Gasteiger partial charge in [-0.05, 0) is 43.0 Å². The number of ether oxygens (including phenoxy) is 1. The van der Waals surface area contributed by atoms with E-state index in [0.29, 0.717) is 40.4 Å². The third-order valence-corrected chi connectivity index (χ3v) is 8.42. The first kappa shape index (κ1) is 28.5. The van der Waals surface area contributed by atoms with E-state index in [1.54, 1.807) is 4.57 Å². The Morgan fingerprint density at radius 3 is 2.22 bits per heavy atom. The fourth-order valence-electron chi connectivity index (χ4n) is 3.95. The van der Waals surface area contributed by atoms with Gasteiger partial charge in [0.05, 0.1) is 27.7 Å². The molecule has 0 aliphatic rings. The molecule has 0 bridgehead atoms. The van der Waals surface area contributed by atoms with Crippen LogP contribution in [0, 0.1) is 22.0 Å². The molecule has 0 fully saturated rings. The van der Waals surface area contributed by atoms with Crippen molar-refractivity contribution in [2.24, 2.45) is 16.8 Å². The summed E-state index contributed by atoms with van der Waals surface area (Å²) in [5.74, 6) is 0.102. The lowest BCUT2D eigenvalue weighted by atomic mass is 10.2. The van der Waals surface area contributed by atoms with E-state index in [1.165, 1.54) is 47.8 Å². The zero-order valence-corrected chi connectivity index (χ0v) is 23.4. The second-order valence-electron chi connectivity index (χ2n) is 9.43. The third-order valence-electron chi connectivity index (χ3n) is 5.55. The second kappa shape index (κ2) is 11.5. The molecule has 0 unspecified atom stereocenters. The molecule has 1 aromatic heterocycles. The first-order valence-electron chi connectivity index (χ1n) is 11.9. The lowest BCUT2D eigenvalue weighted by Crippen LogP contribution is -2.37. The zero-order chi connectivity index (χ0) is 27.5. The Morgan fingerprint density at radius 1 is 1.14 bits per heavy atom. The average Bonchev–Trinajstić information content (AvgIpc) is 3.19. The Labute approximate surface area is 220 Å². The van der Waals surface area contributed by atoms with Crippen molar-refractivity contribution in [2.45, 2.75) is 46.1 Å². The number of sulfonamides is 1. The lowest BCUT2D eigenvalue weighted by molar-refractivity contribution is -0.384. The number of aromatic nitrogens is 1. The predicted octanol–water partition coefficient (Wildman–Crippen LogP) is 4.68. The number of non-ortho nitro benzene ring substituents is 1.